The smallest absolute Gasteiger partial charge is 0.404 e. The highest BCUT2D eigenvalue weighted by molar-refractivity contribution is 6.34. The fraction of sp³-hybridized carbons (Fsp3) is 0.556. The first-order valence-electron chi connectivity index (χ1n) is 4.70. The van der Waals surface area contributed by atoms with Crippen LogP contribution in [0.3, 0.4) is 0 Å². The Morgan fingerprint density at radius 3 is 2.33 bits per heavy atom. The zero-order chi connectivity index (χ0) is 12.1. The molecule has 0 aliphatic rings. The van der Waals surface area contributed by atoms with Crippen LogP contribution in [-0.4, -0.2) is 26.9 Å². The van der Waals surface area contributed by atoms with Gasteiger partial charge >= 0.3 is 6.18 Å². The first-order valence-corrected chi connectivity index (χ1v) is 7.12. The van der Waals surface area contributed by atoms with Gasteiger partial charge in [0.1, 0.15) is 0 Å². The summed E-state index contributed by atoms with van der Waals surface area (Å²) >= 11 is 0. The second-order valence-electron chi connectivity index (χ2n) is 3.13. The van der Waals surface area contributed by atoms with Gasteiger partial charge in [0.05, 0.1) is 0 Å². The Morgan fingerprint density at radius 1 is 1.53 bits per heavy atom. The molecule has 0 bridgehead atoms. The van der Waals surface area contributed by atoms with Crippen molar-refractivity contribution in [3.8, 4) is 0 Å². The molecule has 0 aliphatic carbocycles. The van der Waals surface area contributed by atoms with Crippen molar-refractivity contribution in [1.29, 1.82) is 0 Å². The Kier molecular flexibility index (Phi) is 5.67. The molecule has 0 amide bonds. The highest BCUT2D eigenvalue weighted by atomic mass is 28.2. The fourth-order valence-electron chi connectivity index (χ4n) is 1.29. The minimum Gasteiger partial charge on any atom is -0.404 e. The summed E-state index contributed by atoms with van der Waals surface area (Å²) in [5, 5.41) is 9.10. The quantitative estimate of drug-likeness (QED) is 0.574. The summed E-state index contributed by atoms with van der Waals surface area (Å²) in [6.45, 7) is 3.43. The normalized spacial score (nSPS) is 17.5. The summed E-state index contributed by atoms with van der Waals surface area (Å²) in [7, 11) is -0.440. The molecule has 0 aromatic carbocycles. The van der Waals surface area contributed by atoms with Gasteiger partial charge in [0, 0.05) is 9.52 Å². The molecule has 15 heavy (non-hydrogen) atoms. The van der Waals surface area contributed by atoms with Crippen molar-refractivity contribution in [2.45, 2.75) is 31.8 Å². The van der Waals surface area contributed by atoms with Gasteiger partial charge in [0.25, 0.3) is 0 Å². The van der Waals surface area contributed by atoms with E-state index in [-0.39, 0.29) is 5.57 Å². The molecule has 1 unspecified atom stereocenters. The number of nitrogens with two attached hydrogens (primary N) is 1. The van der Waals surface area contributed by atoms with Crippen molar-refractivity contribution in [2.75, 3.05) is 0 Å². The third kappa shape index (κ3) is 4.09. The van der Waals surface area contributed by atoms with Crippen molar-refractivity contribution < 1.29 is 18.3 Å². The molecule has 0 saturated carbocycles. The predicted octanol–water partition coefficient (Wildman–Crippen LogP) is 1.33. The van der Waals surface area contributed by atoms with E-state index in [1.54, 1.807) is 0 Å². The predicted molar refractivity (Wildman–Crippen MR) is 57.3 cm³/mol. The topological polar surface area (TPSA) is 46.2 Å². The summed E-state index contributed by atoms with van der Waals surface area (Å²) in [4.78, 5) is 0. The number of alkyl halides is 3. The third-order valence-corrected chi connectivity index (χ3v) is 3.05. The molecule has 0 aromatic rings. The van der Waals surface area contributed by atoms with Crippen molar-refractivity contribution in [3.63, 3.8) is 0 Å². The molecule has 0 radical (unpaired) electrons. The lowest BCUT2D eigenvalue weighted by Gasteiger charge is -2.19. The van der Waals surface area contributed by atoms with Crippen LogP contribution in [0.4, 0.5) is 13.2 Å². The molecule has 0 aliphatic heterocycles. The van der Waals surface area contributed by atoms with E-state index < -0.39 is 21.8 Å². The van der Waals surface area contributed by atoms with Gasteiger partial charge in [-0.25, -0.2) is 0 Å². The van der Waals surface area contributed by atoms with Crippen LogP contribution in [0.1, 0.15) is 6.92 Å². The van der Waals surface area contributed by atoms with E-state index >= 15 is 0 Å². The van der Waals surface area contributed by atoms with Gasteiger partial charge in [-0.05, 0) is 30.3 Å². The van der Waals surface area contributed by atoms with Crippen molar-refractivity contribution >= 4 is 9.52 Å². The van der Waals surface area contributed by atoms with Gasteiger partial charge in [-0.1, -0.05) is 12.6 Å². The average Bonchev–Trinajstić information content (AvgIpc) is 2.15. The SMILES string of the molecule is C/C=C(\C(=C/N)C[SiH2]C)C(O)C(F)(F)F. The summed E-state index contributed by atoms with van der Waals surface area (Å²) in [5.74, 6) is 0. The fourth-order valence-corrected chi connectivity index (χ4v) is 2.28. The first kappa shape index (κ1) is 14.2. The van der Waals surface area contributed by atoms with Crippen LogP contribution >= 0.6 is 0 Å². The van der Waals surface area contributed by atoms with Gasteiger partial charge in [0.15, 0.2) is 6.10 Å². The highest BCUT2D eigenvalue weighted by Gasteiger charge is 2.41. The molecular formula is C9H16F3NOSi. The number of hydrogen-bond donors (Lipinski definition) is 2. The van der Waals surface area contributed by atoms with E-state index in [0.29, 0.717) is 11.6 Å². The van der Waals surface area contributed by atoms with Crippen LogP contribution in [0.15, 0.2) is 23.4 Å². The second-order valence-corrected chi connectivity index (χ2v) is 4.63. The zero-order valence-electron chi connectivity index (χ0n) is 8.80. The molecule has 3 N–H and O–H groups in total. The number of aliphatic hydroxyl groups is 1. The van der Waals surface area contributed by atoms with Crippen LogP contribution in [0.2, 0.25) is 12.6 Å². The van der Waals surface area contributed by atoms with Gasteiger partial charge in [-0.3, -0.25) is 0 Å². The van der Waals surface area contributed by atoms with Crippen molar-refractivity contribution in [3.05, 3.63) is 23.4 Å². The maximum absolute atomic E-state index is 12.3. The number of aliphatic hydroxyl groups excluding tert-OH is 1. The van der Waals surface area contributed by atoms with Crippen LogP contribution < -0.4 is 5.73 Å². The lowest BCUT2D eigenvalue weighted by molar-refractivity contribution is -0.190. The molecule has 6 heteroatoms. The lowest BCUT2D eigenvalue weighted by Crippen LogP contribution is -2.31. The number of rotatable bonds is 4. The largest absolute Gasteiger partial charge is 0.418 e. The summed E-state index contributed by atoms with van der Waals surface area (Å²) in [6, 6.07) is 0.559. The van der Waals surface area contributed by atoms with Gasteiger partial charge in [-0.2, -0.15) is 13.2 Å². The monoisotopic (exact) mass is 239 g/mol. The van der Waals surface area contributed by atoms with Crippen molar-refractivity contribution in [1.82, 2.24) is 0 Å². The van der Waals surface area contributed by atoms with Gasteiger partial charge < -0.3 is 10.8 Å². The van der Waals surface area contributed by atoms with E-state index in [4.69, 9.17) is 10.8 Å². The summed E-state index contributed by atoms with van der Waals surface area (Å²) in [5.41, 5.74) is 5.53. The molecule has 88 valence electrons. The maximum Gasteiger partial charge on any atom is 0.418 e. The highest BCUT2D eigenvalue weighted by Crippen LogP contribution is 2.30. The summed E-state index contributed by atoms with van der Waals surface area (Å²) < 4.78 is 36.8. The zero-order valence-corrected chi connectivity index (χ0v) is 10.2. The molecule has 0 aromatic heterocycles. The van der Waals surface area contributed by atoms with E-state index in [0.717, 1.165) is 6.20 Å². The Balaban J connectivity index is 4.93. The minimum atomic E-state index is -4.63. The van der Waals surface area contributed by atoms with Gasteiger partial charge in [-0.15, -0.1) is 0 Å². The molecule has 0 rings (SSSR count). The van der Waals surface area contributed by atoms with Crippen LogP contribution in [0.5, 0.6) is 0 Å². The molecule has 2 nitrogen and oxygen atoms in total. The number of halogens is 3. The van der Waals surface area contributed by atoms with E-state index in [9.17, 15) is 13.2 Å². The van der Waals surface area contributed by atoms with Crippen LogP contribution in [0, 0.1) is 0 Å². The van der Waals surface area contributed by atoms with E-state index in [2.05, 4.69) is 0 Å². The Bertz CT molecular complexity index is 261. The molecule has 0 saturated heterocycles. The molecular weight excluding hydrogens is 223 g/mol. The standard InChI is InChI=1S/C9H16F3NOSi/c1-3-7(6(4-13)5-15-2)8(14)9(10,11)12/h3-4,8,14H,5,13,15H2,1-2H3/b6-4-,7-3+. The summed E-state index contributed by atoms with van der Waals surface area (Å²) in [6.07, 6.45) is -4.65. The Hall–Kier alpha value is -0.753. The maximum atomic E-state index is 12.3. The minimum absolute atomic E-state index is 0.126. The molecule has 0 spiro atoms. The average molecular weight is 239 g/mol. The Morgan fingerprint density at radius 2 is 2.07 bits per heavy atom. The molecule has 0 heterocycles. The Labute approximate surface area is 89.5 Å². The van der Waals surface area contributed by atoms with Crippen LogP contribution in [0.25, 0.3) is 0 Å². The van der Waals surface area contributed by atoms with Crippen LogP contribution in [-0.2, 0) is 0 Å². The van der Waals surface area contributed by atoms with Crippen molar-refractivity contribution in [2.24, 2.45) is 5.73 Å². The lowest BCUT2D eigenvalue weighted by atomic mass is 10.0. The van der Waals surface area contributed by atoms with Gasteiger partial charge in [0.2, 0.25) is 0 Å². The molecule has 0 fully saturated rings. The third-order valence-electron chi connectivity index (χ3n) is 2.01. The number of hydrogen-bond acceptors (Lipinski definition) is 2. The molecule has 1 atom stereocenters. The van der Waals surface area contributed by atoms with E-state index in [1.165, 1.54) is 13.0 Å². The second kappa shape index (κ2) is 5.97. The van der Waals surface area contributed by atoms with E-state index in [1.807, 2.05) is 6.55 Å². The first-order chi connectivity index (χ1) is 6.88. The number of allylic oxidation sites excluding steroid dienone is 1.